The lowest BCUT2D eigenvalue weighted by Crippen LogP contribution is -2.19. The Bertz CT molecular complexity index is 554. The minimum absolute atomic E-state index is 0.394. The summed E-state index contributed by atoms with van der Waals surface area (Å²) in [4.78, 5) is 4.06. The largest absolute Gasteiger partial charge is 0.512 e. The van der Waals surface area contributed by atoms with Crippen molar-refractivity contribution in [3.8, 4) is 0 Å². The molecule has 2 aliphatic rings. The zero-order chi connectivity index (χ0) is 13.2. The number of rotatable bonds is 2. The average Bonchev–Trinajstić information content (AvgIpc) is 2.39. The first-order chi connectivity index (χ1) is 9.22. The van der Waals surface area contributed by atoms with Gasteiger partial charge in [-0.05, 0) is 42.5 Å². The van der Waals surface area contributed by atoms with Gasteiger partial charge in [-0.1, -0.05) is 30.2 Å². The fourth-order valence-corrected chi connectivity index (χ4v) is 3.17. The number of hydrogen-bond acceptors (Lipinski definition) is 2. The first-order valence-electron chi connectivity index (χ1n) is 6.90. The summed E-state index contributed by atoms with van der Waals surface area (Å²) in [5.74, 6) is 1.48. The van der Waals surface area contributed by atoms with Gasteiger partial charge in [0.2, 0.25) is 0 Å². The Morgan fingerprint density at radius 2 is 2.00 bits per heavy atom. The summed E-state index contributed by atoms with van der Waals surface area (Å²) in [7, 11) is 0. The van der Waals surface area contributed by atoms with Crippen molar-refractivity contribution in [3.63, 3.8) is 0 Å². The lowest BCUT2D eigenvalue weighted by atomic mass is 9.74. The maximum atomic E-state index is 9.69. The van der Waals surface area contributed by atoms with E-state index in [2.05, 4.69) is 36.2 Å². The van der Waals surface area contributed by atoms with E-state index < -0.39 is 0 Å². The lowest BCUT2D eigenvalue weighted by Gasteiger charge is -2.31. The van der Waals surface area contributed by atoms with Gasteiger partial charge in [0.1, 0.15) is 0 Å². The van der Waals surface area contributed by atoms with Crippen LogP contribution in [0.15, 0.2) is 59.7 Å². The van der Waals surface area contributed by atoms with Gasteiger partial charge < -0.3 is 5.11 Å². The third-order valence-corrected chi connectivity index (χ3v) is 4.08. The molecule has 0 amide bonds. The molecule has 0 spiro atoms. The second kappa shape index (κ2) is 5.04. The van der Waals surface area contributed by atoms with Gasteiger partial charge in [-0.15, -0.1) is 0 Å². The SMILES string of the molecule is CC1CC(Cc2ccncc2)=CC2CC(O)=CC=C12. The van der Waals surface area contributed by atoms with Gasteiger partial charge >= 0.3 is 0 Å². The highest BCUT2D eigenvalue weighted by atomic mass is 16.3. The van der Waals surface area contributed by atoms with Gasteiger partial charge in [-0.2, -0.15) is 0 Å². The molecule has 0 bridgehead atoms. The minimum Gasteiger partial charge on any atom is -0.512 e. The summed E-state index contributed by atoms with van der Waals surface area (Å²) in [5.41, 5.74) is 4.27. The van der Waals surface area contributed by atoms with Crippen LogP contribution in [0.4, 0.5) is 0 Å². The normalized spacial score (nSPS) is 26.1. The molecule has 0 fully saturated rings. The van der Waals surface area contributed by atoms with Crippen LogP contribution in [0, 0.1) is 11.8 Å². The topological polar surface area (TPSA) is 33.1 Å². The number of fused-ring (bicyclic) bond motifs is 1. The van der Waals surface area contributed by atoms with Gasteiger partial charge in [0.05, 0.1) is 5.76 Å². The number of nitrogens with zero attached hydrogens (tertiary/aromatic N) is 1. The molecule has 0 aliphatic heterocycles. The van der Waals surface area contributed by atoms with Crippen LogP contribution < -0.4 is 0 Å². The van der Waals surface area contributed by atoms with Crippen LogP contribution in [0.3, 0.4) is 0 Å². The van der Waals surface area contributed by atoms with E-state index in [1.165, 1.54) is 16.7 Å². The summed E-state index contributed by atoms with van der Waals surface area (Å²) < 4.78 is 0. The van der Waals surface area contributed by atoms with Crippen LogP contribution in [-0.2, 0) is 6.42 Å². The molecular formula is C17H19NO. The highest BCUT2D eigenvalue weighted by Gasteiger charge is 2.26. The molecular weight excluding hydrogens is 234 g/mol. The monoisotopic (exact) mass is 253 g/mol. The number of allylic oxidation sites excluding steroid dienone is 6. The maximum Gasteiger partial charge on any atom is 0.0931 e. The van der Waals surface area contributed by atoms with Crippen molar-refractivity contribution < 1.29 is 5.11 Å². The molecule has 98 valence electrons. The Hall–Kier alpha value is -1.83. The molecule has 2 nitrogen and oxygen atoms in total. The summed E-state index contributed by atoms with van der Waals surface area (Å²) in [6.07, 6.45) is 12.9. The fraction of sp³-hybridized carbons (Fsp3) is 0.353. The maximum absolute atomic E-state index is 9.69. The minimum atomic E-state index is 0.394. The zero-order valence-electron chi connectivity index (χ0n) is 11.2. The Morgan fingerprint density at radius 1 is 1.21 bits per heavy atom. The van der Waals surface area contributed by atoms with Gasteiger partial charge in [0.25, 0.3) is 0 Å². The van der Waals surface area contributed by atoms with Crippen LogP contribution >= 0.6 is 0 Å². The van der Waals surface area contributed by atoms with Gasteiger partial charge in [-0.25, -0.2) is 0 Å². The van der Waals surface area contributed by atoms with E-state index in [1.54, 1.807) is 0 Å². The predicted octanol–water partition coefficient (Wildman–Crippen LogP) is 3.98. The van der Waals surface area contributed by atoms with Crippen LogP contribution in [-0.4, -0.2) is 10.1 Å². The van der Waals surface area contributed by atoms with Gasteiger partial charge in [-0.3, -0.25) is 4.98 Å². The molecule has 3 rings (SSSR count). The second-order valence-corrected chi connectivity index (χ2v) is 5.60. The van der Waals surface area contributed by atoms with Crippen molar-refractivity contribution in [1.29, 1.82) is 0 Å². The van der Waals surface area contributed by atoms with E-state index in [-0.39, 0.29) is 0 Å². The molecule has 1 N–H and O–H groups in total. The van der Waals surface area contributed by atoms with Crippen molar-refractivity contribution in [2.45, 2.75) is 26.2 Å². The Labute approximate surface area is 114 Å². The third-order valence-electron chi connectivity index (χ3n) is 4.08. The Balaban J connectivity index is 1.82. The van der Waals surface area contributed by atoms with E-state index in [4.69, 9.17) is 0 Å². The molecule has 1 aromatic heterocycles. The lowest BCUT2D eigenvalue weighted by molar-refractivity contribution is 0.362. The fourth-order valence-electron chi connectivity index (χ4n) is 3.17. The highest BCUT2D eigenvalue weighted by Crippen LogP contribution is 2.39. The van der Waals surface area contributed by atoms with Crippen molar-refractivity contribution >= 4 is 0 Å². The van der Waals surface area contributed by atoms with Gasteiger partial charge in [0, 0.05) is 24.7 Å². The number of aliphatic hydroxyl groups excluding tert-OH is 1. The summed E-state index contributed by atoms with van der Waals surface area (Å²) in [6.45, 7) is 2.29. The van der Waals surface area contributed by atoms with Crippen LogP contribution in [0.5, 0.6) is 0 Å². The molecule has 0 aromatic carbocycles. The van der Waals surface area contributed by atoms with E-state index in [0.717, 1.165) is 19.3 Å². The van der Waals surface area contributed by atoms with Crippen molar-refractivity contribution in [2.75, 3.05) is 0 Å². The van der Waals surface area contributed by atoms with Crippen LogP contribution in [0.2, 0.25) is 0 Å². The van der Waals surface area contributed by atoms with Crippen molar-refractivity contribution in [3.05, 3.63) is 65.2 Å². The van der Waals surface area contributed by atoms with E-state index in [9.17, 15) is 5.11 Å². The second-order valence-electron chi connectivity index (χ2n) is 5.60. The van der Waals surface area contributed by atoms with Crippen LogP contribution in [0.1, 0.15) is 25.3 Å². The first kappa shape index (κ1) is 12.2. The molecule has 2 heteroatoms. The first-order valence-corrected chi connectivity index (χ1v) is 6.90. The number of aromatic nitrogens is 1. The molecule has 0 radical (unpaired) electrons. The molecule has 2 unspecified atom stereocenters. The molecule has 19 heavy (non-hydrogen) atoms. The van der Waals surface area contributed by atoms with Gasteiger partial charge in [0.15, 0.2) is 0 Å². The molecule has 0 saturated heterocycles. The molecule has 1 heterocycles. The number of hydrogen-bond donors (Lipinski definition) is 1. The molecule has 2 atom stereocenters. The number of aliphatic hydroxyl groups is 1. The van der Waals surface area contributed by atoms with Crippen LogP contribution in [0.25, 0.3) is 0 Å². The molecule has 0 saturated carbocycles. The third kappa shape index (κ3) is 2.62. The van der Waals surface area contributed by atoms with E-state index >= 15 is 0 Å². The van der Waals surface area contributed by atoms with E-state index in [0.29, 0.717) is 17.6 Å². The zero-order valence-corrected chi connectivity index (χ0v) is 11.2. The molecule has 2 aliphatic carbocycles. The predicted molar refractivity (Wildman–Crippen MR) is 76.7 cm³/mol. The Morgan fingerprint density at radius 3 is 2.79 bits per heavy atom. The quantitative estimate of drug-likeness (QED) is 0.809. The summed E-state index contributed by atoms with van der Waals surface area (Å²) >= 11 is 0. The van der Waals surface area contributed by atoms with Crippen molar-refractivity contribution in [1.82, 2.24) is 4.98 Å². The average molecular weight is 253 g/mol. The number of pyridine rings is 1. The van der Waals surface area contributed by atoms with E-state index in [1.807, 2.05) is 18.5 Å². The molecule has 1 aromatic rings. The highest BCUT2D eigenvalue weighted by molar-refractivity contribution is 5.35. The van der Waals surface area contributed by atoms with Crippen molar-refractivity contribution in [2.24, 2.45) is 11.8 Å². The smallest absolute Gasteiger partial charge is 0.0931 e. The standard InChI is InChI=1S/C17H19NO/c1-12-8-14(9-13-4-6-18-7-5-13)10-15-11-16(19)2-3-17(12)15/h2-7,10,12,15,19H,8-9,11H2,1H3. The summed E-state index contributed by atoms with van der Waals surface area (Å²) in [5, 5.41) is 9.69. The Kier molecular flexibility index (Phi) is 3.24. The summed E-state index contributed by atoms with van der Waals surface area (Å²) in [6, 6.07) is 4.16.